The Morgan fingerprint density at radius 2 is 1.06 bits per heavy atom. The molecule has 0 aliphatic carbocycles. The Hall–Kier alpha value is -6.22. The summed E-state index contributed by atoms with van der Waals surface area (Å²) in [4.78, 5) is 0. The van der Waals surface area contributed by atoms with E-state index in [2.05, 4.69) is 193 Å². The van der Waals surface area contributed by atoms with Crippen LogP contribution in [0, 0.1) is 0 Å². The summed E-state index contributed by atoms with van der Waals surface area (Å²) in [5, 5.41) is 7.64. The van der Waals surface area contributed by atoms with Crippen molar-refractivity contribution >= 4 is 75.7 Å². The van der Waals surface area contributed by atoms with E-state index in [0.29, 0.717) is 0 Å². The van der Waals surface area contributed by atoms with Crippen molar-refractivity contribution in [1.82, 2.24) is 4.57 Å². The lowest BCUT2D eigenvalue weighted by atomic mass is 9.91. The second-order valence-corrected chi connectivity index (χ2v) is 13.9. The minimum Gasteiger partial charge on any atom is -0.309 e. The summed E-state index contributed by atoms with van der Waals surface area (Å²) in [5.74, 6) is 0. The minimum atomic E-state index is 1.17. The molecular formula is C48H31NS. The van der Waals surface area contributed by atoms with Crippen LogP contribution in [-0.4, -0.2) is 4.57 Å². The van der Waals surface area contributed by atoms with Gasteiger partial charge in [0.15, 0.2) is 0 Å². The van der Waals surface area contributed by atoms with Crippen LogP contribution in [0.3, 0.4) is 0 Å². The molecule has 234 valence electrons. The van der Waals surface area contributed by atoms with Crippen molar-refractivity contribution in [2.24, 2.45) is 0 Å². The zero-order chi connectivity index (χ0) is 33.0. The lowest BCUT2D eigenvalue weighted by molar-refractivity contribution is 1.18. The Bertz CT molecular complexity index is 2900. The molecule has 2 aromatic heterocycles. The number of aromatic nitrogens is 1. The van der Waals surface area contributed by atoms with Crippen molar-refractivity contribution in [2.75, 3.05) is 0 Å². The zero-order valence-corrected chi connectivity index (χ0v) is 28.1. The van der Waals surface area contributed by atoms with Gasteiger partial charge >= 0.3 is 0 Å². The maximum absolute atomic E-state index is 2.40. The molecular weight excluding hydrogens is 623 g/mol. The standard InChI is InChI=1S/C48H31NS/c1-3-14-32(15-4-1)30-44(38-23-11-17-33-16-7-8-20-36(33)38)43-26-13-25-42-41-24-12-22-37(47(41)50-48(42)43)34-28-29-40-39-21-9-10-27-45(39)49(46(40)31-34)35-18-5-2-6-19-35/h1-31H/b44-30-. The van der Waals surface area contributed by atoms with Gasteiger partial charge in [-0.05, 0) is 68.9 Å². The molecule has 0 atom stereocenters. The number of thiophene rings is 1. The fraction of sp³-hybridized carbons (Fsp3) is 0. The van der Waals surface area contributed by atoms with E-state index in [9.17, 15) is 0 Å². The number of para-hydroxylation sites is 2. The van der Waals surface area contributed by atoms with E-state index < -0.39 is 0 Å². The fourth-order valence-corrected chi connectivity index (χ4v) is 9.09. The molecule has 0 saturated carbocycles. The molecule has 2 heterocycles. The van der Waals surface area contributed by atoms with Crippen LogP contribution >= 0.6 is 11.3 Å². The average Bonchev–Trinajstić information content (AvgIpc) is 3.73. The molecule has 0 radical (unpaired) electrons. The third kappa shape index (κ3) is 4.61. The smallest absolute Gasteiger partial charge is 0.0547 e. The molecule has 0 saturated heterocycles. The Labute approximate surface area is 294 Å². The molecule has 0 spiro atoms. The molecule has 0 aliphatic heterocycles. The number of fused-ring (bicyclic) bond motifs is 7. The molecule has 0 N–H and O–H groups in total. The van der Waals surface area contributed by atoms with E-state index in [1.807, 2.05) is 11.3 Å². The minimum absolute atomic E-state index is 1.17. The van der Waals surface area contributed by atoms with Gasteiger partial charge in [-0.15, -0.1) is 11.3 Å². The lowest BCUT2D eigenvalue weighted by Crippen LogP contribution is -1.93. The van der Waals surface area contributed by atoms with Gasteiger partial charge in [-0.3, -0.25) is 0 Å². The van der Waals surface area contributed by atoms with Crippen LogP contribution in [0.25, 0.3) is 81.2 Å². The number of hydrogen-bond donors (Lipinski definition) is 0. The molecule has 2 heteroatoms. The van der Waals surface area contributed by atoms with Crippen molar-refractivity contribution in [1.29, 1.82) is 0 Å². The quantitative estimate of drug-likeness (QED) is 0.163. The van der Waals surface area contributed by atoms with Crippen LogP contribution in [-0.2, 0) is 0 Å². The van der Waals surface area contributed by atoms with Crippen molar-refractivity contribution in [3.05, 3.63) is 199 Å². The maximum atomic E-state index is 2.40. The monoisotopic (exact) mass is 653 g/mol. The summed E-state index contributed by atoms with van der Waals surface area (Å²) < 4.78 is 5.03. The normalized spacial score (nSPS) is 12.1. The number of hydrogen-bond acceptors (Lipinski definition) is 1. The predicted octanol–water partition coefficient (Wildman–Crippen LogP) is 13.6. The predicted molar refractivity (Wildman–Crippen MR) is 216 cm³/mol. The van der Waals surface area contributed by atoms with Crippen LogP contribution in [0.15, 0.2) is 182 Å². The van der Waals surface area contributed by atoms with E-state index >= 15 is 0 Å². The van der Waals surface area contributed by atoms with Crippen LogP contribution in [0.2, 0.25) is 0 Å². The first kappa shape index (κ1) is 28.8. The topological polar surface area (TPSA) is 4.93 Å². The largest absolute Gasteiger partial charge is 0.309 e. The van der Waals surface area contributed by atoms with Crippen LogP contribution in [0.1, 0.15) is 16.7 Å². The Morgan fingerprint density at radius 3 is 1.92 bits per heavy atom. The molecule has 0 amide bonds. The summed E-state index contributed by atoms with van der Waals surface area (Å²) in [6, 6.07) is 66.2. The van der Waals surface area contributed by atoms with Crippen molar-refractivity contribution < 1.29 is 0 Å². The maximum Gasteiger partial charge on any atom is 0.0547 e. The lowest BCUT2D eigenvalue weighted by Gasteiger charge is -2.13. The highest BCUT2D eigenvalue weighted by atomic mass is 32.1. The average molecular weight is 654 g/mol. The van der Waals surface area contributed by atoms with Gasteiger partial charge in [0.25, 0.3) is 0 Å². The highest BCUT2D eigenvalue weighted by molar-refractivity contribution is 7.26. The first-order valence-electron chi connectivity index (χ1n) is 17.1. The van der Waals surface area contributed by atoms with Gasteiger partial charge in [0.2, 0.25) is 0 Å². The molecule has 50 heavy (non-hydrogen) atoms. The Kier molecular flexibility index (Phi) is 6.75. The highest BCUT2D eigenvalue weighted by Gasteiger charge is 2.19. The van der Waals surface area contributed by atoms with Gasteiger partial charge in [-0.1, -0.05) is 158 Å². The summed E-state index contributed by atoms with van der Waals surface area (Å²) in [7, 11) is 0. The van der Waals surface area contributed by atoms with Crippen molar-refractivity contribution in [3.8, 4) is 16.8 Å². The molecule has 8 aromatic carbocycles. The molecule has 0 bridgehead atoms. The van der Waals surface area contributed by atoms with Gasteiger partial charge < -0.3 is 4.57 Å². The van der Waals surface area contributed by atoms with Crippen molar-refractivity contribution in [3.63, 3.8) is 0 Å². The molecule has 10 aromatic rings. The molecule has 0 aliphatic rings. The van der Waals surface area contributed by atoms with E-state index in [1.54, 1.807) is 0 Å². The van der Waals surface area contributed by atoms with Gasteiger partial charge in [0, 0.05) is 42.2 Å². The SMILES string of the molecule is C(=C(\c1cccc2ccccc12)c1cccc2c1sc1c(-c3ccc4c5ccccc5n(-c5ccccc5)c4c3)cccc12)/c1ccccc1. The highest BCUT2D eigenvalue weighted by Crippen LogP contribution is 2.45. The number of nitrogens with zero attached hydrogens (tertiary/aromatic N) is 1. The van der Waals surface area contributed by atoms with Gasteiger partial charge in [-0.25, -0.2) is 0 Å². The van der Waals surface area contributed by atoms with Crippen LogP contribution < -0.4 is 0 Å². The summed E-state index contributed by atoms with van der Waals surface area (Å²) in [5.41, 5.74) is 11.0. The summed E-state index contributed by atoms with van der Waals surface area (Å²) in [6.45, 7) is 0. The molecule has 10 rings (SSSR count). The Morgan fingerprint density at radius 1 is 0.440 bits per heavy atom. The Balaban J connectivity index is 1.22. The third-order valence-corrected chi connectivity index (χ3v) is 11.3. The first-order chi connectivity index (χ1) is 24.8. The van der Waals surface area contributed by atoms with E-state index in [1.165, 1.54) is 91.8 Å². The zero-order valence-electron chi connectivity index (χ0n) is 27.3. The van der Waals surface area contributed by atoms with Crippen LogP contribution in [0.4, 0.5) is 0 Å². The fourth-order valence-electron chi connectivity index (χ4n) is 7.73. The van der Waals surface area contributed by atoms with E-state index in [0.717, 1.165) is 0 Å². The van der Waals surface area contributed by atoms with E-state index in [-0.39, 0.29) is 0 Å². The second kappa shape index (κ2) is 11.7. The second-order valence-electron chi connectivity index (χ2n) is 12.9. The van der Waals surface area contributed by atoms with Gasteiger partial charge in [0.05, 0.1) is 11.0 Å². The summed E-state index contributed by atoms with van der Waals surface area (Å²) in [6.07, 6.45) is 2.36. The summed E-state index contributed by atoms with van der Waals surface area (Å²) >= 11 is 1.91. The number of benzene rings is 8. The molecule has 0 fully saturated rings. The van der Waals surface area contributed by atoms with Crippen molar-refractivity contribution in [2.45, 2.75) is 0 Å². The first-order valence-corrected chi connectivity index (χ1v) is 17.9. The molecule has 1 nitrogen and oxygen atoms in total. The number of rotatable bonds is 5. The molecule has 0 unspecified atom stereocenters. The van der Waals surface area contributed by atoms with Crippen LogP contribution in [0.5, 0.6) is 0 Å². The van der Waals surface area contributed by atoms with Gasteiger partial charge in [0.1, 0.15) is 0 Å². The van der Waals surface area contributed by atoms with E-state index in [4.69, 9.17) is 0 Å². The third-order valence-electron chi connectivity index (χ3n) is 10.0. The van der Waals surface area contributed by atoms with Gasteiger partial charge in [-0.2, -0.15) is 0 Å².